The highest BCUT2D eigenvalue weighted by Crippen LogP contribution is 2.57. The fraction of sp³-hybridized carbons (Fsp3) is 0.125. The van der Waals surface area contributed by atoms with E-state index in [1.807, 2.05) is 0 Å². The van der Waals surface area contributed by atoms with Gasteiger partial charge in [-0.1, -0.05) is 281 Å². The van der Waals surface area contributed by atoms with E-state index >= 15 is 0 Å². The predicted octanol–water partition coefficient (Wildman–Crippen LogP) is 25.2. The van der Waals surface area contributed by atoms with Crippen LogP contribution in [0.2, 0.25) is 0 Å². The fourth-order valence-electron chi connectivity index (χ4n) is 16.5. The summed E-state index contributed by atoms with van der Waals surface area (Å²) in [6, 6.07) is 103. The molecule has 0 saturated carbocycles. The number of thiophene rings is 1. The van der Waals surface area contributed by atoms with Crippen LogP contribution >= 0.6 is 11.3 Å². The molecule has 0 amide bonds. The smallest absolute Gasteiger partial charge is 0.264 e. The van der Waals surface area contributed by atoms with E-state index in [9.17, 15) is 4.11 Å². The van der Waals surface area contributed by atoms with Crippen LogP contribution in [0, 0.1) is 0 Å². The largest absolute Gasteiger partial charge is 0.310 e. The van der Waals surface area contributed by atoms with E-state index in [1.54, 1.807) is 11.3 Å². The van der Waals surface area contributed by atoms with Crippen molar-refractivity contribution in [2.24, 2.45) is 0 Å². The lowest BCUT2D eigenvalue weighted by Crippen LogP contribution is -2.60. The van der Waals surface area contributed by atoms with E-state index in [-0.39, 0.29) is 34.4 Å². The third-order valence-corrected chi connectivity index (χ3v) is 22.8. The molecule has 0 N–H and O–H groups in total. The highest BCUT2D eigenvalue weighted by atomic mass is 32.1. The third kappa shape index (κ3) is 9.68. The molecule has 0 spiro atoms. The zero-order chi connectivity index (χ0) is 71.0. The quantitative estimate of drug-likeness (QED) is 0.111. The average Bonchev–Trinajstić information content (AvgIpc) is 1.30. The summed E-state index contributed by atoms with van der Waals surface area (Å²) in [6.45, 7) is 20.1. The summed E-state index contributed by atoms with van der Waals surface area (Å²) in [6.07, 6.45) is 0. The average molecular weight is 1320 g/mol. The molecule has 484 valence electrons. The Morgan fingerprint density at radius 2 is 0.762 bits per heavy atom. The van der Waals surface area contributed by atoms with E-state index < -0.39 is 6.71 Å². The topological polar surface area (TPSA) is 11.4 Å². The molecule has 0 unspecified atom stereocenters. The van der Waals surface area contributed by atoms with Crippen LogP contribution in [0.1, 0.15) is 83.1 Å². The number of hydrogen-bond acceptors (Lipinski definition) is 3. The number of fused-ring (bicyclic) bond motifs is 9. The van der Waals surface area contributed by atoms with Crippen LogP contribution in [0.15, 0.2) is 297 Å². The van der Waals surface area contributed by atoms with Crippen molar-refractivity contribution in [1.29, 1.82) is 0 Å². The molecule has 0 radical (unpaired) electrons. The van der Waals surface area contributed by atoms with Crippen molar-refractivity contribution in [3.63, 3.8) is 0 Å². The first kappa shape index (κ1) is 57.6. The van der Waals surface area contributed by atoms with Crippen LogP contribution in [0.3, 0.4) is 0 Å². The second kappa shape index (κ2) is 22.6. The van der Waals surface area contributed by atoms with Crippen LogP contribution < -0.4 is 25.5 Å². The lowest BCUT2D eigenvalue weighted by atomic mass is 9.36. The molecule has 15 aromatic carbocycles. The molecule has 17 aromatic rings. The standard InChI is InChI=1S/C96H76BN3S/c1-94(2,3)69-45-47-75-86(57-69)101-93-92(75)100(91-78(61-31-18-12-19-32-61)55-71(96(7,8)9)56-79(91)62-33-20-13-21-34-62)85-52-68(67-49-65-43-41-63-35-26-36-64-42-44-66(50-67)88(65)87(63)64)51-84-89(85)97(93)80-48-46-72(98-81-39-24-22-37-73(81)74-38-23-25-40-82(74)98)58-83(80)99(84)90-76(59-27-14-10-15-28-59)53-70(95(4,5)6)54-77(90)60-29-16-11-17-30-60/h10-58H,1-9H3/i46D,48D,58D. The van der Waals surface area contributed by atoms with E-state index in [4.69, 9.17) is 0 Å². The third-order valence-electron chi connectivity index (χ3n) is 21.6. The molecule has 0 saturated heterocycles. The minimum absolute atomic E-state index is 0.000878. The molecule has 19 rings (SSSR count). The van der Waals surface area contributed by atoms with Crippen LogP contribution in [-0.4, -0.2) is 11.3 Å². The van der Waals surface area contributed by atoms with Gasteiger partial charge in [0.05, 0.1) is 32.2 Å². The zero-order valence-electron chi connectivity index (χ0n) is 61.4. The van der Waals surface area contributed by atoms with Gasteiger partial charge in [0.15, 0.2) is 0 Å². The molecule has 2 aliphatic heterocycles. The van der Waals surface area contributed by atoms with E-state index in [0.29, 0.717) is 16.8 Å². The first-order valence-electron chi connectivity index (χ1n) is 37.0. The normalized spacial score (nSPS) is 13.6. The molecule has 2 aromatic heterocycles. The molecule has 3 nitrogen and oxygen atoms in total. The molecule has 2 aliphatic rings. The maximum Gasteiger partial charge on any atom is 0.264 e. The maximum absolute atomic E-state index is 11.8. The van der Waals surface area contributed by atoms with Crippen molar-refractivity contribution in [1.82, 2.24) is 4.57 Å². The van der Waals surface area contributed by atoms with Crippen LogP contribution in [-0.2, 0) is 16.2 Å². The molecule has 0 bridgehead atoms. The van der Waals surface area contributed by atoms with E-state index in [1.165, 1.54) is 32.7 Å². The maximum atomic E-state index is 11.8. The van der Waals surface area contributed by atoms with Gasteiger partial charge in [0, 0.05) is 70.6 Å². The molecule has 5 heteroatoms. The monoisotopic (exact) mass is 1320 g/mol. The number of aromatic nitrogens is 1. The molecule has 4 heterocycles. The Balaban J connectivity index is 1.06. The molecule has 0 fully saturated rings. The summed E-state index contributed by atoms with van der Waals surface area (Å²) in [5, 5.41) is 10.4. The summed E-state index contributed by atoms with van der Waals surface area (Å²) in [5.41, 5.74) is 22.5. The molecule has 101 heavy (non-hydrogen) atoms. The highest BCUT2D eigenvalue weighted by molar-refractivity contribution is 7.33. The Labute approximate surface area is 600 Å². The van der Waals surface area contributed by atoms with Crippen molar-refractivity contribution in [2.75, 3.05) is 9.80 Å². The van der Waals surface area contributed by atoms with Gasteiger partial charge in [0.25, 0.3) is 6.71 Å². The lowest BCUT2D eigenvalue weighted by Gasteiger charge is -2.45. The summed E-state index contributed by atoms with van der Waals surface area (Å²) in [5.74, 6) is 0. The summed E-state index contributed by atoms with van der Waals surface area (Å²) >= 11 is 1.80. The predicted molar refractivity (Wildman–Crippen MR) is 437 cm³/mol. The highest BCUT2D eigenvalue weighted by Gasteiger charge is 2.48. The van der Waals surface area contributed by atoms with Gasteiger partial charge in [0.2, 0.25) is 0 Å². The molecule has 0 atom stereocenters. The Kier molecular flexibility index (Phi) is 12.9. The van der Waals surface area contributed by atoms with Crippen molar-refractivity contribution in [3.8, 4) is 61.3 Å². The Morgan fingerprint density at radius 3 is 1.25 bits per heavy atom. The van der Waals surface area contributed by atoms with Crippen LogP contribution in [0.4, 0.5) is 34.1 Å². The fourth-order valence-corrected chi connectivity index (χ4v) is 17.9. The minimum atomic E-state index is -0.649. The van der Waals surface area contributed by atoms with Gasteiger partial charge in [-0.15, -0.1) is 11.3 Å². The van der Waals surface area contributed by atoms with Crippen LogP contribution in [0.25, 0.3) is 126 Å². The Morgan fingerprint density at radius 1 is 0.337 bits per heavy atom. The van der Waals surface area contributed by atoms with Gasteiger partial charge in [0.1, 0.15) is 0 Å². The summed E-state index contributed by atoms with van der Waals surface area (Å²) in [7, 11) is 0. The molecular weight excluding hydrogens is 1240 g/mol. The number of para-hydroxylation sites is 2. The Hall–Kier alpha value is -11.2. The lowest BCUT2D eigenvalue weighted by molar-refractivity contribution is 0.590. The number of hydrogen-bond donors (Lipinski definition) is 0. The van der Waals surface area contributed by atoms with Crippen molar-refractivity contribution in [3.05, 3.63) is 314 Å². The first-order chi connectivity index (χ1) is 50.3. The SMILES string of the molecule is [2H]c1c([2H])c(-n2c3ccccc3c3ccccc32)c([2H])c2c1B1c3sc4cc(C(C)(C)C)ccc4c3N(c3c(-c4ccccc4)cc(C(C)(C)C)cc3-c3ccccc3)c3cc(-c4cc5ccc6cccc7ccc(c4)c5c67)cc(c31)N2c1c(-c2ccccc2)cc(C(C)(C)C)cc1-c1ccccc1. The van der Waals surface area contributed by atoms with Crippen molar-refractivity contribution in [2.45, 2.75) is 78.6 Å². The molecule has 0 aliphatic carbocycles. The van der Waals surface area contributed by atoms with E-state index in [2.05, 4.69) is 356 Å². The summed E-state index contributed by atoms with van der Waals surface area (Å²) < 4.78 is 38.5. The van der Waals surface area contributed by atoms with Gasteiger partial charge >= 0.3 is 0 Å². The van der Waals surface area contributed by atoms with Crippen molar-refractivity contribution >= 4 is 132 Å². The van der Waals surface area contributed by atoms with Crippen LogP contribution in [0.5, 0.6) is 0 Å². The van der Waals surface area contributed by atoms with Gasteiger partial charge in [-0.2, -0.15) is 0 Å². The number of rotatable bonds is 8. The van der Waals surface area contributed by atoms with Gasteiger partial charge in [-0.25, -0.2) is 0 Å². The second-order valence-corrected chi connectivity index (χ2v) is 32.1. The molecular formula is C96H76BN3S. The minimum Gasteiger partial charge on any atom is -0.310 e. The van der Waals surface area contributed by atoms with E-state index in [0.717, 1.165) is 143 Å². The number of benzene rings is 15. The van der Waals surface area contributed by atoms with Gasteiger partial charge < -0.3 is 14.4 Å². The van der Waals surface area contributed by atoms with Gasteiger partial charge in [-0.05, 0) is 188 Å². The second-order valence-electron chi connectivity index (χ2n) is 31.0. The number of anilines is 6. The van der Waals surface area contributed by atoms with Gasteiger partial charge in [-0.3, -0.25) is 0 Å². The zero-order valence-corrected chi connectivity index (χ0v) is 59.2. The summed E-state index contributed by atoms with van der Waals surface area (Å²) in [4.78, 5) is 5.08. The van der Waals surface area contributed by atoms with Crippen molar-refractivity contribution < 1.29 is 4.11 Å². The first-order valence-corrected chi connectivity index (χ1v) is 36.3. The Bertz CT molecular complexity index is 6160. The number of nitrogens with zero attached hydrogens (tertiary/aromatic N) is 3.